The van der Waals surface area contributed by atoms with E-state index in [0.29, 0.717) is 29.6 Å². The van der Waals surface area contributed by atoms with Crippen LogP contribution in [0.25, 0.3) is 10.9 Å². The summed E-state index contributed by atoms with van der Waals surface area (Å²) in [5.41, 5.74) is 7.86. The Labute approximate surface area is 206 Å². The molecule has 0 aliphatic heterocycles. The van der Waals surface area contributed by atoms with Gasteiger partial charge in [0.1, 0.15) is 5.75 Å². The lowest BCUT2D eigenvalue weighted by molar-refractivity contribution is -0.140. The summed E-state index contributed by atoms with van der Waals surface area (Å²) in [6.45, 7) is 1.72. The Bertz CT molecular complexity index is 1440. The Kier molecular flexibility index (Phi) is 7.20. The van der Waals surface area contributed by atoms with Crippen LogP contribution in [-0.4, -0.2) is 39.8 Å². The molecule has 0 bridgehead atoms. The molecule has 4 aromatic rings. The second kappa shape index (κ2) is 10.6. The maximum atomic E-state index is 12.9. The van der Waals surface area contributed by atoms with E-state index in [0.717, 1.165) is 5.56 Å². The summed E-state index contributed by atoms with van der Waals surface area (Å²) in [5, 5.41) is 0.362. The van der Waals surface area contributed by atoms with Crippen molar-refractivity contribution >= 4 is 34.5 Å². The van der Waals surface area contributed by atoms with Gasteiger partial charge in [-0.2, -0.15) is 0 Å². The quantitative estimate of drug-likeness (QED) is 0.167. The van der Waals surface area contributed by atoms with E-state index in [1.54, 1.807) is 24.3 Å². The number of primary amides is 1. The zero-order chi connectivity index (χ0) is 25.7. The van der Waals surface area contributed by atoms with Crippen LogP contribution in [0.5, 0.6) is 5.75 Å². The van der Waals surface area contributed by atoms with Crippen LogP contribution >= 0.6 is 0 Å². The van der Waals surface area contributed by atoms with Gasteiger partial charge in [0.25, 0.3) is 11.7 Å². The monoisotopic (exact) mass is 485 g/mol. The summed E-state index contributed by atoms with van der Waals surface area (Å²) in [7, 11) is 0. The summed E-state index contributed by atoms with van der Waals surface area (Å²) in [4.78, 5) is 53.1. The van der Waals surface area contributed by atoms with Crippen LogP contribution in [0.2, 0.25) is 0 Å². The molecule has 0 saturated heterocycles. The highest BCUT2D eigenvalue weighted by molar-refractivity contribution is 6.45. The van der Waals surface area contributed by atoms with E-state index in [2.05, 4.69) is 4.98 Å². The predicted molar refractivity (Wildman–Crippen MR) is 131 cm³/mol. The molecule has 2 aromatic heterocycles. The van der Waals surface area contributed by atoms with Crippen molar-refractivity contribution in [1.82, 2.24) is 9.55 Å². The number of ketones is 1. The molecule has 36 heavy (non-hydrogen) atoms. The Morgan fingerprint density at radius 1 is 0.972 bits per heavy atom. The van der Waals surface area contributed by atoms with E-state index >= 15 is 0 Å². The Morgan fingerprint density at radius 3 is 2.42 bits per heavy atom. The fourth-order valence-electron chi connectivity index (χ4n) is 4.03. The lowest BCUT2D eigenvalue weighted by Gasteiger charge is -2.11. The van der Waals surface area contributed by atoms with Crippen LogP contribution in [0.1, 0.15) is 38.9 Å². The van der Waals surface area contributed by atoms with Crippen LogP contribution in [0.3, 0.4) is 0 Å². The van der Waals surface area contributed by atoms with Crippen molar-refractivity contribution < 1.29 is 28.7 Å². The molecule has 0 aliphatic rings. The highest BCUT2D eigenvalue weighted by Gasteiger charge is 2.27. The standard InChI is InChI=1S/C27H23N3O6/c1-2-19-24(25(32)26(28)33)23-20(30(19)15-17-8-4-3-5-9-17)11-6-12-21(23)35-16-22(31)36-27(34)18-10-7-13-29-14-18/h3-14H,2,15-16H2,1H3,(H2,28,33). The lowest BCUT2D eigenvalue weighted by Crippen LogP contribution is -2.24. The summed E-state index contributed by atoms with van der Waals surface area (Å²) in [6.07, 6.45) is 3.21. The molecule has 4 rings (SSSR count). The van der Waals surface area contributed by atoms with Crippen molar-refractivity contribution in [2.75, 3.05) is 6.61 Å². The second-order valence-corrected chi connectivity index (χ2v) is 7.88. The topological polar surface area (TPSA) is 131 Å². The molecular formula is C27H23N3O6. The van der Waals surface area contributed by atoms with Crippen LogP contribution < -0.4 is 10.5 Å². The van der Waals surface area contributed by atoms with Crippen LogP contribution in [0, 0.1) is 0 Å². The minimum Gasteiger partial charge on any atom is -0.481 e. The number of carbonyl (C=O) groups is 4. The second-order valence-electron chi connectivity index (χ2n) is 7.88. The number of Topliss-reactive ketones (excluding diaryl/α,β-unsaturated/α-hetero) is 1. The fraction of sp³-hybridized carbons (Fsp3) is 0.148. The number of ether oxygens (including phenoxy) is 2. The first-order valence-electron chi connectivity index (χ1n) is 11.2. The summed E-state index contributed by atoms with van der Waals surface area (Å²) >= 11 is 0. The highest BCUT2D eigenvalue weighted by Crippen LogP contribution is 2.35. The van der Waals surface area contributed by atoms with Crippen molar-refractivity contribution in [1.29, 1.82) is 0 Å². The number of aromatic nitrogens is 2. The Hall–Kier alpha value is -4.79. The molecule has 2 aromatic carbocycles. The molecule has 1 amide bonds. The molecule has 9 heteroatoms. The van der Waals surface area contributed by atoms with Gasteiger partial charge in [-0.25, -0.2) is 9.59 Å². The van der Waals surface area contributed by atoms with E-state index in [4.69, 9.17) is 15.2 Å². The number of amides is 1. The number of esters is 2. The van der Waals surface area contributed by atoms with E-state index in [9.17, 15) is 19.2 Å². The molecule has 0 radical (unpaired) electrons. The number of carbonyl (C=O) groups excluding carboxylic acids is 4. The van der Waals surface area contributed by atoms with E-state index in [1.165, 1.54) is 18.5 Å². The maximum absolute atomic E-state index is 12.9. The third-order valence-electron chi connectivity index (χ3n) is 5.58. The fourth-order valence-corrected chi connectivity index (χ4v) is 4.03. The third-order valence-corrected chi connectivity index (χ3v) is 5.58. The maximum Gasteiger partial charge on any atom is 0.352 e. The Balaban J connectivity index is 1.69. The largest absolute Gasteiger partial charge is 0.481 e. The first-order chi connectivity index (χ1) is 17.4. The number of hydrogen-bond donors (Lipinski definition) is 1. The third kappa shape index (κ3) is 5.00. The van der Waals surface area contributed by atoms with Crippen molar-refractivity contribution in [2.24, 2.45) is 5.73 Å². The van der Waals surface area contributed by atoms with Gasteiger partial charge in [-0.05, 0) is 36.2 Å². The molecule has 0 unspecified atom stereocenters. The number of pyridine rings is 1. The molecule has 9 nitrogen and oxygen atoms in total. The lowest BCUT2D eigenvalue weighted by atomic mass is 10.0. The van der Waals surface area contributed by atoms with Gasteiger partial charge in [-0.15, -0.1) is 0 Å². The number of rotatable bonds is 9. The van der Waals surface area contributed by atoms with Crippen molar-refractivity contribution in [3.05, 3.63) is 95.4 Å². The molecule has 0 aliphatic carbocycles. The summed E-state index contributed by atoms with van der Waals surface area (Å²) in [6, 6.07) is 17.7. The number of nitrogens with two attached hydrogens (primary N) is 1. The predicted octanol–water partition coefficient (Wildman–Crippen LogP) is 3.08. The normalized spacial score (nSPS) is 10.7. The first-order valence-corrected chi connectivity index (χ1v) is 11.2. The minimum atomic E-state index is -1.10. The van der Waals surface area contributed by atoms with Crippen LogP contribution in [-0.2, 0) is 27.3 Å². The van der Waals surface area contributed by atoms with Gasteiger partial charge < -0.3 is 19.8 Å². The zero-order valence-corrected chi connectivity index (χ0v) is 19.5. The number of benzene rings is 2. The number of fused-ring (bicyclic) bond motifs is 1. The zero-order valence-electron chi connectivity index (χ0n) is 19.5. The van der Waals surface area contributed by atoms with Crippen molar-refractivity contribution in [3.8, 4) is 5.75 Å². The van der Waals surface area contributed by atoms with Crippen LogP contribution in [0.4, 0.5) is 0 Å². The summed E-state index contributed by atoms with van der Waals surface area (Å²) in [5.74, 6) is -3.55. The van der Waals surface area contributed by atoms with Gasteiger partial charge in [0.2, 0.25) is 0 Å². The van der Waals surface area contributed by atoms with Gasteiger partial charge in [0.15, 0.2) is 6.61 Å². The smallest absolute Gasteiger partial charge is 0.352 e. The van der Waals surface area contributed by atoms with Gasteiger partial charge in [0.05, 0.1) is 22.0 Å². The van der Waals surface area contributed by atoms with Crippen molar-refractivity contribution in [3.63, 3.8) is 0 Å². The Morgan fingerprint density at radius 2 is 1.75 bits per heavy atom. The molecule has 0 atom stereocenters. The minimum absolute atomic E-state index is 0.118. The number of nitrogens with zero attached hydrogens (tertiary/aromatic N) is 2. The van der Waals surface area contributed by atoms with E-state index in [-0.39, 0.29) is 16.9 Å². The average molecular weight is 485 g/mol. The van der Waals surface area contributed by atoms with Gasteiger partial charge in [-0.1, -0.05) is 43.3 Å². The molecule has 0 fully saturated rings. The van der Waals surface area contributed by atoms with Crippen molar-refractivity contribution in [2.45, 2.75) is 19.9 Å². The molecular weight excluding hydrogens is 462 g/mol. The molecule has 0 spiro atoms. The van der Waals surface area contributed by atoms with Crippen LogP contribution in [0.15, 0.2) is 73.1 Å². The molecule has 182 valence electrons. The highest BCUT2D eigenvalue weighted by atomic mass is 16.6. The average Bonchev–Trinajstić information content (AvgIpc) is 3.21. The van der Waals surface area contributed by atoms with E-state index < -0.39 is 30.2 Å². The van der Waals surface area contributed by atoms with E-state index in [1.807, 2.05) is 41.8 Å². The van der Waals surface area contributed by atoms with Gasteiger partial charge >= 0.3 is 11.9 Å². The molecule has 2 N–H and O–H groups in total. The molecule has 0 saturated carbocycles. The molecule has 2 heterocycles. The summed E-state index contributed by atoms with van der Waals surface area (Å²) < 4.78 is 12.4. The van der Waals surface area contributed by atoms with Gasteiger partial charge in [0, 0.05) is 24.6 Å². The SMILES string of the molecule is CCc1c(C(=O)C(N)=O)c2c(OCC(=O)OC(=O)c3cccnc3)cccc2n1Cc1ccccc1. The number of hydrogen-bond acceptors (Lipinski definition) is 7. The van der Waals surface area contributed by atoms with Gasteiger partial charge in [-0.3, -0.25) is 14.6 Å². The first kappa shape index (κ1) is 24.3.